The lowest BCUT2D eigenvalue weighted by Gasteiger charge is -2.14. The molecular formula is C10H13IN2O2S. The highest BCUT2D eigenvalue weighted by atomic mass is 127. The first-order valence-electron chi connectivity index (χ1n) is 4.98. The molecule has 3 N–H and O–H groups in total. The first-order chi connectivity index (χ1) is 7.46. The van der Waals surface area contributed by atoms with E-state index in [4.69, 9.17) is 5.73 Å². The number of hydrogen-bond acceptors (Lipinski definition) is 4. The van der Waals surface area contributed by atoms with E-state index in [1.807, 2.05) is 18.2 Å². The van der Waals surface area contributed by atoms with Gasteiger partial charge >= 0.3 is 0 Å². The van der Waals surface area contributed by atoms with Gasteiger partial charge in [-0.25, -0.2) is 8.42 Å². The van der Waals surface area contributed by atoms with Crippen LogP contribution < -0.4 is 11.1 Å². The molecule has 0 spiro atoms. The van der Waals surface area contributed by atoms with Crippen molar-refractivity contribution in [2.45, 2.75) is 12.5 Å². The normalized spacial score (nSPS) is 23.2. The van der Waals surface area contributed by atoms with Crippen LogP contribution in [0.3, 0.4) is 0 Å². The van der Waals surface area contributed by atoms with Crippen LogP contribution in [0.1, 0.15) is 6.42 Å². The van der Waals surface area contributed by atoms with Gasteiger partial charge < -0.3 is 11.1 Å². The lowest BCUT2D eigenvalue weighted by atomic mass is 10.2. The molecule has 6 heteroatoms. The monoisotopic (exact) mass is 352 g/mol. The van der Waals surface area contributed by atoms with Gasteiger partial charge in [-0.3, -0.25) is 0 Å². The van der Waals surface area contributed by atoms with Crippen molar-refractivity contribution in [3.05, 3.63) is 21.8 Å². The highest BCUT2D eigenvalue weighted by molar-refractivity contribution is 14.1. The van der Waals surface area contributed by atoms with E-state index in [1.165, 1.54) is 0 Å². The zero-order chi connectivity index (χ0) is 11.8. The minimum Gasteiger partial charge on any atom is -0.397 e. The number of nitrogens with two attached hydrogens (primary N) is 1. The van der Waals surface area contributed by atoms with E-state index in [0.717, 1.165) is 9.26 Å². The van der Waals surface area contributed by atoms with Gasteiger partial charge in [0.25, 0.3) is 0 Å². The second-order valence-corrected chi connectivity index (χ2v) is 7.45. The number of nitrogens with one attached hydrogen (secondary N) is 1. The van der Waals surface area contributed by atoms with E-state index in [-0.39, 0.29) is 17.5 Å². The molecule has 88 valence electrons. The maximum atomic E-state index is 11.3. The Morgan fingerprint density at radius 1 is 1.44 bits per heavy atom. The molecule has 1 saturated heterocycles. The number of halogens is 1. The van der Waals surface area contributed by atoms with Crippen LogP contribution in [0.25, 0.3) is 0 Å². The Balaban J connectivity index is 2.11. The summed E-state index contributed by atoms with van der Waals surface area (Å²) in [4.78, 5) is 0. The summed E-state index contributed by atoms with van der Waals surface area (Å²) in [5.74, 6) is 0.480. The van der Waals surface area contributed by atoms with Crippen LogP contribution in [0.4, 0.5) is 11.4 Å². The van der Waals surface area contributed by atoms with Gasteiger partial charge in [0.1, 0.15) is 0 Å². The van der Waals surface area contributed by atoms with Crippen LogP contribution in [0, 0.1) is 3.57 Å². The molecule has 2 rings (SSSR count). The highest BCUT2D eigenvalue weighted by Crippen LogP contribution is 2.24. The lowest BCUT2D eigenvalue weighted by molar-refractivity contribution is 0.602. The van der Waals surface area contributed by atoms with Crippen LogP contribution >= 0.6 is 22.6 Å². The molecular weight excluding hydrogens is 339 g/mol. The van der Waals surface area contributed by atoms with Crippen LogP contribution in [-0.2, 0) is 9.84 Å². The molecule has 0 bridgehead atoms. The summed E-state index contributed by atoms with van der Waals surface area (Å²) >= 11 is 2.19. The Labute approximate surface area is 109 Å². The van der Waals surface area contributed by atoms with Crippen molar-refractivity contribution in [2.24, 2.45) is 0 Å². The molecule has 1 unspecified atom stereocenters. The van der Waals surface area contributed by atoms with Gasteiger partial charge in [-0.2, -0.15) is 0 Å². The summed E-state index contributed by atoms with van der Waals surface area (Å²) in [6, 6.07) is 5.70. The van der Waals surface area contributed by atoms with Gasteiger partial charge in [0.15, 0.2) is 9.84 Å². The molecule has 1 atom stereocenters. The molecule has 0 saturated carbocycles. The molecule has 1 fully saturated rings. The number of hydrogen-bond donors (Lipinski definition) is 2. The van der Waals surface area contributed by atoms with E-state index in [1.54, 1.807) is 0 Å². The van der Waals surface area contributed by atoms with Gasteiger partial charge in [0.2, 0.25) is 0 Å². The van der Waals surface area contributed by atoms with Gasteiger partial charge in [0, 0.05) is 9.61 Å². The fourth-order valence-corrected chi connectivity index (χ4v) is 3.98. The van der Waals surface area contributed by atoms with Crippen molar-refractivity contribution in [3.8, 4) is 0 Å². The SMILES string of the molecule is Nc1cc(I)ccc1NC1CCS(=O)(=O)C1. The third-order valence-electron chi connectivity index (χ3n) is 2.61. The maximum absolute atomic E-state index is 11.3. The predicted octanol–water partition coefficient (Wildman–Crippen LogP) is 1.47. The Morgan fingerprint density at radius 2 is 2.19 bits per heavy atom. The van der Waals surface area contributed by atoms with Crippen molar-refractivity contribution in [1.29, 1.82) is 0 Å². The first kappa shape index (κ1) is 12.0. The fourth-order valence-electron chi connectivity index (χ4n) is 1.79. The summed E-state index contributed by atoms with van der Waals surface area (Å²) in [5.41, 5.74) is 7.34. The van der Waals surface area contributed by atoms with Crippen molar-refractivity contribution in [2.75, 3.05) is 22.6 Å². The zero-order valence-electron chi connectivity index (χ0n) is 8.61. The Kier molecular flexibility index (Phi) is 3.29. The van der Waals surface area contributed by atoms with E-state index in [2.05, 4.69) is 27.9 Å². The van der Waals surface area contributed by atoms with Crippen molar-refractivity contribution >= 4 is 43.8 Å². The van der Waals surface area contributed by atoms with Gasteiger partial charge in [0.05, 0.1) is 22.9 Å². The topological polar surface area (TPSA) is 72.2 Å². The molecule has 0 amide bonds. The number of anilines is 2. The molecule has 0 aromatic heterocycles. The Hall–Kier alpha value is -0.500. The third kappa shape index (κ3) is 2.79. The summed E-state index contributed by atoms with van der Waals surface area (Å²) in [6.45, 7) is 0. The largest absolute Gasteiger partial charge is 0.397 e. The number of nitrogen functional groups attached to an aromatic ring is 1. The molecule has 1 aromatic carbocycles. The standard InChI is InChI=1S/C10H13IN2O2S/c11-7-1-2-10(9(12)5-7)13-8-3-4-16(14,15)6-8/h1-2,5,8,13H,3-4,6,12H2. The molecule has 0 aliphatic carbocycles. The maximum Gasteiger partial charge on any atom is 0.152 e. The Morgan fingerprint density at radius 3 is 2.75 bits per heavy atom. The van der Waals surface area contributed by atoms with Gasteiger partial charge in [-0.1, -0.05) is 0 Å². The molecule has 4 nitrogen and oxygen atoms in total. The summed E-state index contributed by atoms with van der Waals surface area (Å²) < 4.78 is 23.7. The van der Waals surface area contributed by atoms with E-state index < -0.39 is 9.84 Å². The second kappa shape index (κ2) is 4.40. The quantitative estimate of drug-likeness (QED) is 0.625. The Bertz CT molecular complexity index is 502. The summed E-state index contributed by atoms with van der Waals surface area (Å²) in [7, 11) is -2.84. The molecule has 1 aromatic rings. The fraction of sp³-hybridized carbons (Fsp3) is 0.400. The molecule has 1 aliphatic rings. The second-order valence-electron chi connectivity index (χ2n) is 3.98. The molecule has 1 aliphatic heterocycles. The number of benzene rings is 1. The zero-order valence-corrected chi connectivity index (χ0v) is 11.6. The van der Waals surface area contributed by atoms with Crippen molar-refractivity contribution in [1.82, 2.24) is 0 Å². The van der Waals surface area contributed by atoms with E-state index >= 15 is 0 Å². The molecule has 16 heavy (non-hydrogen) atoms. The van der Waals surface area contributed by atoms with Gasteiger partial charge in [-0.05, 0) is 47.2 Å². The molecule has 1 heterocycles. The van der Waals surface area contributed by atoms with Crippen LogP contribution in [0.5, 0.6) is 0 Å². The number of sulfone groups is 1. The average molecular weight is 352 g/mol. The van der Waals surface area contributed by atoms with Crippen LogP contribution in [-0.4, -0.2) is 26.0 Å². The van der Waals surface area contributed by atoms with Crippen molar-refractivity contribution < 1.29 is 8.42 Å². The van der Waals surface area contributed by atoms with Crippen LogP contribution in [0.15, 0.2) is 18.2 Å². The first-order valence-corrected chi connectivity index (χ1v) is 7.88. The predicted molar refractivity (Wildman–Crippen MR) is 74.3 cm³/mol. The van der Waals surface area contributed by atoms with Crippen molar-refractivity contribution in [3.63, 3.8) is 0 Å². The summed E-state index contributed by atoms with van der Waals surface area (Å²) in [6.07, 6.45) is 0.660. The van der Waals surface area contributed by atoms with E-state index in [9.17, 15) is 8.42 Å². The van der Waals surface area contributed by atoms with E-state index in [0.29, 0.717) is 12.1 Å². The number of rotatable bonds is 2. The summed E-state index contributed by atoms with van der Waals surface area (Å²) in [5, 5.41) is 3.18. The van der Waals surface area contributed by atoms with Crippen LogP contribution in [0.2, 0.25) is 0 Å². The smallest absolute Gasteiger partial charge is 0.152 e. The minimum absolute atomic E-state index is 0.00707. The van der Waals surface area contributed by atoms with Gasteiger partial charge in [-0.15, -0.1) is 0 Å². The highest BCUT2D eigenvalue weighted by Gasteiger charge is 2.27. The molecule has 0 radical (unpaired) electrons. The minimum atomic E-state index is -2.84. The lowest BCUT2D eigenvalue weighted by Crippen LogP contribution is -2.21. The average Bonchev–Trinajstić information content (AvgIpc) is 2.51. The third-order valence-corrected chi connectivity index (χ3v) is 5.04.